The standard InChI is InChI=1S/C25H42O6/c1-5-7-8-9-10-11-14-18-30-24(28)25(31-22(26)6-2)17-13-12-15-21(25)23(27)29-19-16-20(3)4/h6,20-21H,2,5,7-19H2,1,3-4H3. The summed E-state index contributed by atoms with van der Waals surface area (Å²) in [4.78, 5) is 38.0. The Bertz CT molecular complexity index is 570. The van der Waals surface area contributed by atoms with Gasteiger partial charge in [-0.25, -0.2) is 9.59 Å². The zero-order valence-corrected chi connectivity index (χ0v) is 19.8. The van der Waals surface area contributed by atoms with E-state index in [-0.39, 0.29) is 19.6 Å². The van der Waals surface area contributed by atoms with E-state index in [9.17, 15) is 14.4 Å². The highest BCUT2D eigenvalue weighted by atomic mass is 16.6. The molecule has 31 heavy (non-hydrogen) atoms. The third-order valence-electron chi connectivity index (χ3n) is 5.85. The second-order valence-corrected chi connectivity index (χ2v) is 8.92. The summed E-state index contributed by atoms with van der Waals surface area (Å²) < 4.78 is 16.5. The molecule has 0 aromatic rings. The van der Waals surface area contributed by atoms with Gasteiger partial charge in [0, 0.05) is 6.08 Å². The molecule has 0 radical (unpaired) electrons. The molecule has 1 aliphatic rings. The number of unbranched alkanes of at least 4 members (excludes halogenated alkanes) is 6. The lowest BCUT2D eigenvalue weighted by Gasteiger charge is -2.39. The summed E-state index contributed by atoms with van der Waals surface area (Å²) in [6, 6.07) is 0. The van der Waals surface area contributed by atoms with Crippen molar-refractivity contribution in [2.75, 3.05) is 13.2 Å². The van der Waals surface area contributed by atoms with E-state index in [1.54, 1.807) is 0 Å². The van der Waals surface area contributed by atoms with Crippen LogP contribution < -0.4 is 0 Å². The lowest BCUT2D eigenvalue weighted by atomic mass is 9.75. The first-order valence-corrected chi connectivity index (χ1v) is 12.1. The maximum absolute atomic E-state index is 13.1. The molecule has 0 aromatic heterocycles. The summed E-state index contributed by atoms with van der Waals surface area (Å²) in [6.07, 6.45) is 11.6. The van der Waals surface area contributed by atoms with Crippen molar-refractivity contribution in [2.45, 2.75) is 103 Å². The van der Waals surface area contributed by atoms with Crippen LogP contribution >= 0.6 is 0 Å². The number of carbonyl (C=O) groups is 3. The van der Waals surface area contributed by atoms with Crippen molar-refractivity contribution in [3.63, 3.8) is 0 Å². The van der Waals surface area contributed by atoms with E-state index < -0.39 is 29.4 Å². The van der Waals surface area contributed by atoms with E-state index in [4.69, 9.17) is 14.2 Å². The number of carbonyl (C=O) groups excluding carboxylic acids is 3. The molecule has 0 amide bonds. The molecule has 2 unspecified atom stereocenters. The van der Waals surface area contributed by atoms with E-state index >= 15 is 0 Å². The van der Waals surface area contributed by atoms with Crippen LogP contribution in [0.4, 0.5) is 0 Å². The molecular weight excluding hydrogens is 396 g/mol. The lowest BCUT2D eigenvalue weighted by Crippen LogP contribution is -2.55. The second kappa shape index (κ2) is 15.0. The van der Waals surface area contributed by atoms with Gasteiger partial charge in [0.25, 0.3) is 0 Å². The zero-order chi connectivity index (χ0) is 23.1. The van der Waals surface area contributed by atoms with Crippen LogP contribution in [0.5, 0.6) is 0 Å². The Labute approximate surface area is 188 Å². The van der Waals surface area contributed by atoms with Crippen LogP contribution in [0.1, 0.15) is 97.8 Å². The molecule has 178 valence electrons. The van der Waals surface area contributed by atoms with Crippen LogP contribution in [0, 0.1) is 11.8 Å². The number of hydrogen-bond donors (Lipinski definition) is 0. The van der Waals surface area contributed by atoms with E-state index in [1.165, 1.54) is 25.7 Å². The van der Waals surface area contributed by atoms with Gasteiger partial charge in [0.15, 0.2) is 0 Å². The molecule has 1 aliphatic carbocycles. The Morgan fingerprint density at radius 2 is 1.68 bits per heavy atom. The molecule has 0 heterocycles. The number of esters is 3. The van der Waals surface area contributed by atoms with E-state index in [1.807, 2.05) is 13.8 Å². The van der Waals surface area contributed by atoms with Gasteiger partial charge < -0.3 is 14.2 Å². The van der Waals surface area contributed by atoms with Crippen molar-refractivity contribution in [1.29, 1.82) is 0 Å². The van der Waals surface area contributed by atoms with Gasteiger partial charge in [0.2, 0.25) is 5.60 Å². The maximum Gasteiger partial charge on any atom is 0.351 e. The van der Waals surface area contributed by atoms with Crippen molar-refractivity contribution >= 4 is 17.9 Å². The predicted molar refractivity (Wildman–Crippen MR) is 120 cm³/mol. The molecule has 1 fully saturated rings. The molecule has 2 atom stereocenters. The Morgan fingerprint density at radius 1 is 1.00 bits per heavy atom. The SMILES string of the molecule is C=CC(=O)OC1(C(=O)OCCCCCCCCC)CCCCC1C(=O)OCCC(C)C. The van der Waals surface area contributed by atoms with Gasteiger partial charge >= 0.3 is 17.9 Å². The molecule has 0 saturated heterocycles. The Hall–Kier alpha value is -1.85. The quantitative estimate of drug-likeness (QED) is 0.145. The van der Waals surface area contributed by atoms with Crippen molar-refractivity contribution in [3.05, 3.63) is 12.7 Å². The summed E-state index contributed by atoms with van der Waals surface area (Å²) in [7, 11) is 0. The number of hydrogen-bond acceptors (Lipinski definition) is 6. The van der Waals surface area contributed by atoms with Gasteiger partial charge in [0.1, 0.15) is 5.92 Å². The first-order chi connectivity index (χ1) is 14.9. The predicted octanol–water partition coefficient (Wildman–Crippen LogP) is 5.53. The molecule has 6 nitrogen and oxygen atoms in total. The summed E-state index contributed by atoms with van der Waals surface area (Å²) in [5, 5.41) is 0. The first kappa shape index (κ1) is 27.2. The minimum atomic E-state index is -1.63. The molecule has 0 spiro atoms. The fourth-order valence-electron chi connectivity index (χ4n) is 3.92. The molecule has 0 aromatic carbocycles. The van der Waals surface area contributed by atoms with E-state index in [2.05, 4.69) is 13.5 Å². The third kappa shape index (κ3) is 9.44. The highest BCUT2D eigenvalue weighted by molar-refractivity contribution is 5.92. The number of rotatable bonds is 15. The lowest BCUT2D eigenvalue weighted by molar-refractivity contribution is -0.198. The average Bonchev–Trinajstić information content (AvgIpc) is 2.75. The molecule has 0 N–H and O–H groups in total. The topological polar surface area (TPSA) is 78.9 Å². The minimum absolute atomic E-state index is 0.256. The average molecular weight is 439 g/mol. The Kier molecular flexibility index (Phi) is 13.2. The van der Waals surface area contributed by atoms with Gasteiger partial charge in [-0.1, -0.05) is 72.3 Å². The van der Waals surface area contributed by atoms with Gasteiger partial charge in [-0.3, -0.25) is 4.79 Å². The smallest absolute Gasteiger partial charge is 0.351 e. The molecule has 6 heteroatoms. The van der Waals surface area contributed by atoms with Crippen LogP contribution in [-0.4, -0.2) is 36.7 Å². The summed E-state index contributed by atoms with van der Waals surface area (Å²) in [5.74, 6) is -2.31. The fraction of sp³-hybridized carbons (Fsp3) is 0.800. The molecule has 0 aliphatic heterocycles. The van der Waals surface area contributed by atoms with Gasteiger partial charge in [-0.2, -0.15) is 0 Å². The highest BCUT2D eigenvalue weighted by Crippen LogP contribution is 2.39. The van der Waals surface area contributed by atoms with Crippen molar-refractivity contribution in [2.24, 2.45) is 11.8 Å². The highest BCUT2D eigenvalue weighted by Gasteiger charge is 2.55. The molecule has 1 saturated carbocycles. The van der Waals surface area contributed by atoms with E-state index in [0.717, 1.165) is 38.2 Å². The Balaban J connectivity index is 2.74. The van der Waals surface area contributed by atoms with Crippen LogP contribution in [0.2, 0.25) is 0 Å². The van der Waals surface area contributed by atoms with Crippen LogP contribution in [-0.2, 0) is 28.6 Å². The maximum atomic E-state index is 13.1. The fourth-order valence-corrected chi connectivity index (χ4v) is 3.92. The van der Waals surface area contributed by atoms with Gasteiger partial charge in [-0.05, 0) is 38.0 Å². The Morgan fingerprint density at radius 3 is 2.32 bits per heavy atom. The first-order valence-electron chi connectivity index (χ1n) is 12.1. The van der Waals surface area contributed by atoms with Crippen LogP contribution in [0.25, 0.3) is 0 Å². The van der Waals surface area contributed by atoms with Crippen molar-refractivity contribution in [3.8, 4) is 0 Å². The monoisotopic (exact) mass is 438 g/mol. The van der Waals surface area contributed by atoms with Gasteiger partial charge in [0.05, 0.1) is 13.2 Å². The third-order valence-corrected chi connectivity index (χ3v) is 5.85. The second-order valence-electron chi connectivity index (χ2n) is 8.92. The van der Waals surface area contributed by atoms with Gasteiger partial charge in [-0.15, -0.1) is 0 Å². The molecule has 0 bridgehead atoms. The molecule has 1 rings (SSSR count). The molecular formula is C25H42O6. The minimum Gasteiger partial charge on any atom is -0.465 e. The summed E-state index contributed by atoms with van der Waals surface area (Å²) in [6.45, 7) is 10.3. The van der Waals surface area contributed by atoms with Crippen molar-refractivity contribution < 1.29 is 28.6 Å². The van der Waals surface area contributed by atoms with E-state index in [0.29, 0.717) is 18.8 Å². The van der Waals surface area contributed by atoms with Crippen LogP contribution in [0.3, 0.4) is 0 Å². The largest absolute Gasteiger partial charge is 0.465 e. The zero-order valence-electron chi connectivity index (χ0n) is 19.8. The van der Waals surface area contributed by atoms with Crippen molar-refractivity contribution in [1.82, 2.24) is 0 Å². The number of ether oxygens (including phenoxy) is 3. The summed E-state index contributed by atoms with van der Waals surface area (Å²) in [5.41, 5.74) is -1.63. The summed E-state index contributed by atoms with van der Waals surface area (Å²) >= 11 is 0. The normalized spacial score (nSPS) is 20.8. The van der Waals surface area contributed by atoms with Crippen LogP contribution in [0.15, 0.2) is 12.7 Å².